The number of alkyl halides is 3. The van der Waals surface area contributed by atoms with Gasteiger partial charge in [0.05, 0.1) is 0 Å². The monoisotopic (exact) mass is 300 g/mol. The van der Waals surface area contributed by atoms with Gasteiger partial charge in [0.25, 0.3) is 0 Å². The van der Waals surface area contributed by atoms with Crippen molar-refractivity contribution in [2.24, 2.45) is 0 Å². The summed E-state index contributed by atoms with van der Waals surface area (Å²) in [4.78, 5) is 0. The summed E-state index contributed by atoms with van der Waals surface area (Å²) in [6.45, 7) is 1.86. The lowest BCUT2D eigenvalue weighted by Gasteiger charge is -2.22. The number of rotatable bonds is 2. The first-order valence-electron chi connectivity index (χ1n) is 7.07. The van der Waals surface area contributed by atoms with E-state index in [1.54, 1.807) is 42.5 Å². The van der Waals surface area contributed by atoms with Gasteiger partial charge in [-0.3, -0.25) is 0 Å². The van der Waals surface area contributed by atoms with Crippen LogP contribution in [-0.2, 0) is 0 Å². The zero-order valence-electron chi connectivity index (χ0n) is 12.1. The summed E-state index contributed by atoms with van der Waals surface area (Å²) >= 11 is 0. The van der Waals surface area contributed by atoms with Crippen LogP contribution in [0.1, 0.15) is 22.6 Å². The van der Waals surface area contributed by atoms with E-state index in [0.29, 0.717) is 0 Å². The molecule has 0 aliphatic heterocycles. The van der Waals surface area contributed by atoms with Crippen LogP contribution in [0.3, 0.4) is 0 Å². The molecule has 0 aromatic heterocycles. The summed E-state index contributed by atoms with van der Waals surface area (Å²) < 4.78 is 40.8. The van der Waals surface area contributed by atoms with E-state index in [2.05, 4.69) is 0 Å². The van der Waals surface area contributed by atoms with Crippen LogP contribution in [0.25, 0.3) is 10.8 Å². The number of hydrogen-bond acceptors (Lipinski definition) is 0. The molecule has 1 atom stereocenters. The fraction of sp³-hybridized carbons (Fsp3) is 0.158. The fourth-order valence-corrected chi connectivity index (χ4v) is 2.72. The summed E-state index contributed by atoms with van der Waals surface area (Å²) in [7, 11) is 0. The van der Waals surface area contributed by atoms with Crippen LogP contribution in [-0.4, -0.2) is 6.18 Å². The molecular formula is C19H15F3. The largest absolute Gasteiger partial charge is 0.399 e. The van der Waals surface area contributed by atoms with Gasteiger partial charge in [-0.05, 0) is 28.8 Å². The highest BCUT2D eigenvalue weighted by Gasteiger charge is 2.41. The lowest BCUT2D eigenvalue weighted by atomic mass is 9.89. The summed E-state index contributed by atoms with van der Waals surface area (Å²) in [5, 5.41) is 1.76. The van der Waals surface area contributed by atoms with Crippen molar-refractivity contribution in [2.45, 2.75) is 19.0 Å². The molecule has 3 aromatic carbocycles. The smallest absolute Gasteiger partial charge is 0.170 e. The van der Waals surface area contributed by atoms with E-state index >= 15 is 0 Å². The number of hydrogen-bond donors (Lipinski definition) is 0. The lowest BCUT2D eigenvalue weighted by Crippen LogP contribution is -2.22. The number of aryl methyl sites for hydroxylation is 1. The van der Waals surface area contributed by atoms with Gasteiger partial charge in [0.15, 0.2) is 0 Å². The minimum atomic E-state index is -4.32. The quantitative estimate of drug-likeness (QED) is 0.557. The van der Waals surface area contributed by atoms with E-state index < -0.39 is 12.1 Å². The molecule has 0 aliphatic carbocycles. The Hall–Kier alpha value is -2.29. The zero-order valence-corrected chi connectivity index (χ0v) is 12.1. The Morgan fingerprint density at radius 3 is 1.95 bits per heavy atom. The molecule has 0 radical (unpaired) electrons. The van der Waals surface area contributed by atoms with Crippen molar-refractivity contribution in [1.29, 1.82) is 0 Å². The topological polar surface area (TPSA) is 0 Å². The predicted octanol–water partition coefficient (Wildman–Crippen LogP) is 5.84. The molecule has 3 rings (SSSR count). The second-order valence-electron chi connectivity index (χ2n) is 5.49. The SMILES string of the molecule is Cc1ccc(C(c2ccc3ccccc3c2)C(F)(F)F)cc1. The van der Waals surface area contributed by atoms with E-state index in [9.17, 15) is 13.2 Å². The molecule has 3 heteroatoms. The number of fused-ring (bicyclic) bond motifs is 1. The Morgan fingerprint density at radius 1 is 0.727 bits per heavy atom. The third-order valence-corrected chi connectivity index (χ3v) is 3.84. The predicted molar refractivity (Wildman–Crippen MR) is 83.0 cm³/mol. The Morgan fingerprint density at radius 2 is 1.32 bits per heavy atom. The first kappa shape index (κ1) is 14.6. The Bertz CT molecular complexity index is 786. The first-order valence-corrected chi connectivity index (χ1v) is 7.07. The summed E-state index contributed by atoms with van der Waals surface area (Å²) in [6, 6.07) is 18.9. The van der Waals surface area contributed by atoms with E-state index in [4.69, 9.17) is 0 Å². The number of benzene rings is 3. The van der Waals surface area contributed by atoms with Crippen LogP contribution >= 0.6 is 0 Å². The van der Waals surface area contributed by atoms with Crippen molar-refractivity contribution in [3.8, 4) is 0 Å². The van der Waals surface area contributed by atoms with Crippen molar-refractivity contribution in [1.82, 2.24) is 0 Å². The van der Waals surface area contributed by atoms with Gasteiger partial charge in [-0.15, -0.1) is 0 Å². The molecule has 0 N–H and O–H groups in total. The molecule has 1 unspecified atom stereocenters. The van der Waals surface area contributed by atoms with Crippen LogP contribution in [0, 0.1) is 6.92 Å². The molecule has 112 valence electrons. The van der Waals surface area contributed by atoms with E-state index in [-0.39, 0.29) is 11.1 Å². The second kappa shape index (κ2) is 5.48. The number of halogens is 3. The molecule has 0 spiro atoms. The molecule has 0 aliphatic rings. The van der Waals surface area contributed by atoms with Crippen molar-refractivity contribution < 1.29 is 13.2 Å². The fourth-order valence-electron chi connectivity index (χ4n) is 2.72. The molecule has 0 saturated carbocycles. The van der Waals surface area contributed by atoms with Gasteiger partial charge in [-0.25, -0.2) is 0 Å². The standard InChI is InChI=1S/C19H15F3/c1-13-6-8-15(9-7-13)18(19(20,21)22)17-11-10-14-4-2-3-5-16(14)12-17/h2-12,18H,1H3. The highest BCUT2D eigenvalue weighted by atomic mass is 19.4. The molecule has 0 saturated heterocycles. The maximum atomic E-state index is 13.6. The van der Waals surface area contributed by atoms with E-state index in [1.807, 2.05) is 31.2 Å². The third-order valence-electron chi connectivity index (χ3n) is 3.84. The van der Waals surface area contributed by atoms with Crippen LogP contribution in [0.4, 0.5) is 13.2 Å². The van der Waals surface area contributed by atoms with Crippen LogP contribution in [0.15, 0.2) is 66.7 Å². The van der Waals surface area contributed by atoms with Crippen molar-refractivity contribution in [2.75, 3.05) is 0 Å². The van der Waals surface area contributed by atoms with Gasteiger partial charge in [-0.1, -0.05) is 72.3 Å². The normalized spacial score (nSPS) is 13.3. The minimum Gasteiger partial charge on any atom is -0.170 e. The minimum absolute atomic E-state index is 0.272. The maximum Gasteiger partial charge on any atom is 0.399 e. The van der Waals surface area contributed by atoms with Crippen LogP contribution in [0.5, 0.6) is 0 Å². The molecule has 22 heavy (non-hydrogen) atoms. The van der Waals surface area contributed by atoms with Crippen molar-refractivity contribution in [3.63, 3.8) is 0 Å². The molecule has 0 bridgehead atoms. The maximum absolute atomic E-state index is 13.6. The first-order chi connectivity index (χ1) is 10.4. The molecule has 0 amide bonds. The van der Waals surface area contributed by atoms with E-state index in [1.165, 1.54) is 0 Å². The average molecular weight is 300 g/mol. The summed E-state index contributed by atoms with van der Waals surface area (Å²) in [5.74, 6) is -1.60. The highest BCUT2D eigenvalue weighted by molar-refractivity contribution is 5.83. The van der Waals surface area contributed by atoms with Gasteiger partial charge in [0, 0.05) is 0 Å². The van der Waals surface area contributed by atoms with Gasteiger partial charge >= 0.3 is 6.18 Å². The molecule has 0 fully saturated rings. The summed E-state index contributed by atoms with van der Waals surface area (Å²) in [5.41, 5.74) is 1.49. The van der Waals surface area contributed by atoms with Gasteiger partial charge in [-0.2, -0.15) is 13.2 Å². The zero-order chi connectivity index (χ0) is 15.7. The Kier molecular flexibility index (Phi) is 3.65. The lowest BCUT2D eigenvalue weighted by molar-refractivity contribution is -0.141. The molecule has 0 heterocycles. The molecule has 0 nitrogen and oxygen atoms in total. The van der Waals surface area contributed by atoms with Gasteiger partial charge < -0.3 is 0 Å². The Balaban J connectivity index is 2.13. The van der Waals surface area contributed by atoms with Crippen LogP contribution < -0.4 is 0 Å². The van der Waals surface area contributed by atoms with Crippen molar-refractivity contribution in [3.05, 3.63) is 83.4 Å². The van der Waals surface area contributed by atoms with E-state index in [0.717, 1.165) is 16.3 Å². The average Bonchev–Trinajstić information content (AvgIpc) is 2.48. The van der Waals surface area contributed by atoms with Gasteiger partial charge in [0.2, 0.25) is 0 Å². The molecular weight excluding hydrogens is 285 g/mol. The third kappa shape index (κ3) is 2.84. The Labute approximate surface area is 127 Å². The molecule has 3 aromatic rings. The summed E-state index contributed by atoms with van der Waals surface area (Å²) in [6.07, 6.45) is -4.32. The van der Waals surface area contributed by atoms with Crippen molar-refractivity contribution >= 4 is 10.8 Å². The van der Waals surface area contributed by atoms with Crippen LogP contribution in [0.2, 0.25) is 0 Å². The second-order valence-corrected chi connectivity index (χ2v) is 5.49. The highest BCUT2D eigenvalue weighted by Crippen LogP contribution is 2.40. The van der Waals surface area contributed by atoms with Gasteiger partial charge in [0.1, 0.15) is 5.92 Å².